The first-order chi connectivity index (χ1) is 8.22. The lowest BCUT2D eigenvalue weighted by atomic mass is 10.1. The van der Waals surface area contributed by atoms with Gasteiger partial charge in [-0.25, -0.2) is 9.37 Å². The van der Waals surface area contributed by atoms with Crippen LogP contribution in [0.2, 0.25) is 0 Å². The topological polar surface area (TPSA) is 42.4 Å². The summed E-state index contributed by atoms with van der Waals surface area (Å²) >= 11 is 0. The number of rotatable bonds is 3. The van der Waals surface area contributed by atoms with Crippen LogP contribution in [0.4, 0.5) is 4.39 Å². The molecule has 1 aromatic carbocycles. The molecule has 2 aromatic rings. The van der Waals surface area contributed by atoms with Crippen molar-refractivity contribution in [1.29, 1.82) is 0 Å². The van der Waals surface area contributed by atoms with Crippen LogP contribution in [-0.4, -0.2) is 16.7 Å². The Hall–Kier alpha value is -2.10. The number of aromatic nitrogens is 1. The first-order valence-electron chi connectivity index (χ1n) is 5.29. The highest BCUT2D eigenvalue weighted by Gasteiger charge is 2.11. The molecule has 0 unspecified atom stereocenters. The number of hydrogen-bond acceptors (Lipinski definition) is 3. The van der Waals surface area contributed by atoms with Crippen molar-refractivity contribution in [2.24, 2.45) is 0 Å². The number of phenolic OH excluding ortho intramolecular Hbond substituents is 1. The maximum absolute atomic E-state index is 14.0. The Morgan fingerprint density at radius 2 is 1.94 bits per heavy atom. The Morgan fingerprint density at radius 1 is 1.24 bits per heavy atom. The Morgan fingerprint density at radius 3 is 2.59 bits per heavy atom. The Labute approximate surface area is 98.5 Å². The predicted octanol–water partition coefficient (Wildman–Crippen LogP) is 2.99. The fourth-order valence-corrected chi connectivity index (χ4v) is 1.53. The number of aromatic hydroxyl groups is 1. The molecular formula is C13H12FNO2. The Balaban J connectivity index is 2.45. The maximum atomic E-state index is 14.0. The van der Waals surface area contributed by atoms with Gasteiger partial charge in [0, 0.05) is 11.8 Å². The molecule has 0 saturated heterocycles. The molecule has 88 valence electrons. The average molecular weight is 233 g/mol. The van der Waals surface area contributed by atoms with Crippen LogP contribution in [0.25, 0.3) is 11.1 Å². The van der Waals surface area contributed by atoms with Crippen LogP contribution in [0, 0.1) is 5.82 Å². The van der Waals surface area contributed by atoms with Crippen molar-refractivity contribution in [1.82, 2.24) is 4.98 Å². The van der Waals surface area contributed by atoms with Crippen molar-refractivity contribution in [3.63, 3.8) is 0 Å². The smallest absolute Gasteiger partial charge is 0.251 e. The minimum absolute atomic E-state index is 0.00178. The largest absolute Gasteiger partial charge is 0.508 e. The fourth-order valence-electron chi connectivity index (χ4n) is 1.53. The molecule has 0 fully saturated rings. The van der Waals surface area contributed by atoms with Crippen LogP contribution in [0.5, 0.6) is 11.6 Å². The van der Waals surface area contributed by atoms with E-state index in [1.165, 1.54) is 18.3 Å². The van der Waals surface area contributed by atoms with Gasteiger partial charge in [0.2, 0.25) is 0 Å². The zero-order valence-electron chi connectivity index (χ0n) is 9.35. The van der Waals surface area contributed by atoms with Crippen LogP contribution >= 0.6 is 0 Å². The lowest BCUT2D eigenvalue weighted by Crippen LogP contribution is -1.98. The van der Waals surface area contributed by atoms with E-state index in [4.69, 9.17) is 4.74 Å². The molecule has 0 amide bonds. The molecular weight excluding hydrogens is 221 g/mol. The van der Waals surface area contributed by atoms with E-state index in [-0.39, 0.29) is 11.6 Å². The quantitative estimate of drug-likeness (QED) is 0.886. The minimum atomic E-state index is -0.486. The van der Waals surface area contributed by atoms with Crippen molar-refractivity contribution >= 4 is 0 Å². The molecule has 3 nitrogen and oxygen atoms in total. The molecule has 0 aliphatic carbocycles. The lowest BCUT2D eigenvalue weighted by molar-refractivity contribution is 0.308. The molecule has 1 heterocycles. The van der Waals surface area contributed by atoms with Gasteiger partial charge < -0.3 is 9.84 Å². The second kappa shape index (κ2) is 4.82. The number of phenols is 1. The summed E-state index contributed by atoms with van der Waals surface area (Å²) in [5, 5.41) is 9.18. The third-order valence-corrected chi connectivity index (χ3v) is 2.32. The number of pyridine rings is 1. The summed E-state index contributed by atoms with van der Waals surface area (Å²) in [5.41, 5.74) is 1.08. The second-order valence-corrected chi connectivity index (χ2v) is 3.46. The fraction of sp³-hybridized carbons (Fsp3) is 0.154. The zero-order valence-corrected chi connectivity index (χ0v) is 9.35. The molecule has 0 bridgehead atoms. The summed E-state index contributed by atoms with van der Waals surface area (Å²) in [5.74, 6) is -0.341. The molecule has 0 saturated carbocycles. The van der Waals surface area contributed by atoms with Crippen molar-refractivity contribution in [3.05, 3.63) is 42.3 Å². The van der Waals surface area contributed by atoms with E-state index in [1.54, 1.807) is 25.1 Å². The molecule has 1 aromatic heterocycles. The zero-order chi connectivity index (χ0) is 12.3. The van der Waals surface area contributed by atoms with Gasteiger partial charge in [-0.2, -0.15) is 0 Å². The van der Waals surface area contributed by atoms with Crippen LogP contribution in [0.1, 0.15) is 6.92 Å². The lowest BCUT2D eigenvalue weighted by Gasteiger charge is -2.07. The van der Waals surface area contributed by atoms with E-state index in [0.29, 0.717) is 17.7 Å². The summed E-state index contributed by atoms with van der Waals surface area (Å²) in [4.78, 5) is 3.83. The highest BCUT2D eigenvalue weighted by Crippen LogP contribution is 2.28. The first kappa shape index (κ1) is 11.4. The first-order valence-corrected chi connectivity index (χ1v) is 5.29. The minimum Gasteiger partial charge on any atom is -0.508 e. The van der Waals surface area contributed by atoms with Gasteiger partial charge >= 0.3 is 0 Å². The molecule has 4 heteroatoms. The molecule has 0 atom stereocenters. The van der Waals surface area contributed by atoms with Crippen molar-refractivity contribution in [2.45, 2.75) is 6.92 Å². The van der Waals surface area contributed by atoms with E-state index < -0.39 is 5.82 Å². The molecule has 1 N–H and O–H groups in total. The summed E-state index contributed by atoms with van der Waals surface area (Å²) < 4.78 is 19.1. The van der Waals surface area contributed by atoms with E-state index in [0.717, 1.165) is 0 Å². The average Bonchev–Trinajstić information content (AvgIpc) is 2.34. The molecule has 17 heavy (non-hydrogen) atoms. The monoisotopic (exact) mass is 233 g/mol. The normalized spacial score (nSPS) is 10.2. The van der Waals surface area contributed by atoms with Gasteiger partial charge in [0.1, 0.15) is 5.75 Å². The van der Waals surface area contributed by atoms with E-state index >= 15 is 0 Å². The highest BCUT2D eigenvalue weighted by atomic mass is 19.1. The van der Waals surface area contributed by atoms with E-state index in [1.807, 2.05) is 0 Å². The van der Waals surface area contributed by atoms with Gasteiger partial charge in [-0.15, -0.1) is 0 Å². The summed E-state index contributed by atoms with van der Waals surface area (Å²) in [6, 6.07) is 7.88. The van der Waals surface area contributed by atoms with Gasteiger partial charge in [-0.05, 0) is 30.7 Å². The Bertz CT molecular complexity index is 511. The summed E-state index contributed by atoms with van der Waals surface area (Å²) in [6.07, 6.45) is 1.50. The van der Waals surface area contributed by atoms with Crippen molar-refractivity contribution < 1.29 is 14.2 Å². The third-order valence-electron chi connectivity index (χ3n) is 2.32. The molecule has 0 radical (unpaired) electrons. The molecule has 0 spiro atoms. The molecule has 2 rings (SSSR count). The Kier molecular flexibility index (Phi) is 3.23. The maximum Gasteiger partial charge on any atom is 0.251 e. The van der Waals surface area contributed by atoms with Crippen LogP contribution in [0.3, 0.4) is 0 Å². The van der Waals surface area contributed by atoms with E-state index in [9.17, 15) is 9.50 Å². The molecule has 0 aliphatic rings. The number of benzene rings is 1. The number of hydrogen-bond donors (Lipinski definition) is 1. The second-order valence-electron chi connectivity index (χ2n) is 3.46. The van der Waals surface area contributed by atoms with Crippen LogP contribution in [0.15, 0.2) is 36.5 Å². The van der Waals surface area contributed by atoms with Crippen LogP contribution in [-0.2, 0) is 0 Å². The van der Waals surface area contributed by atoms with Crippen molar-refractivity contribution in [3.8, 4) is 22.8 Å². The third kappa shape index (κ3) is 2.36. The van der Waals surface area contributed by atoms with Gasteiger partial charge in [0.25, 0.3) is 5.88 Å². The van der Waals surface area contributed by atoms with Crippen LogP contribution < -0.4 is 4.74 Å². The number of ether oxygens (including phenoxy) is 1. The SMILES string of the molecule is CCOc1nccc(-c2ccc(O)cc2)c1F. The van der Waals surface area contributed by atoms with Gasteiger partial charge in [-0.1, -0.05) is 12.1 Å². The highest BCUT2D eigenvalue weighted by molar-refractivity contribution is 5.65. The predicted molar refractivity (Wildman–Crippen MR) is 62.5 cm³/mol. The van der Waals surface area contributed by atoms with Crippen molar-refractivity contribution in [2.75, 3.05) is 6.61 Å². The number of halogens is 1. The van der Waals surface area contributed by atoms with Gasteiger partial charge in [0.15, 0.2) is 5.82 Å². The standard InChI is InChI=1S/C13H12FNO2/c1-2-17-13-12(14)11(7-8-15-13)9-3-5-10(16)6-4-9/h3-8,16H,2H2,1H3. The molecule has 0 aliphatic heterocycles. The summed E-state index contributed by atoms with van der Waals surface area (Å²) in [7, 11) is 0. The van der Waals surface area contributed by atoms with E-state index in [2.05, 4.69) is 4.98 Å². The van der Waals surface area contributed by atoms with Gasteiger partial charge in [-0.3, -0.25) is 0 Å². The summed E-state index contributed by atoms with van der Waals surface area (Å²) in [6.45, 7) is 2.14. The van der Waals surface area contributed by atoms with Gasteiger partial charge in [0.05, 0.1) is 6.61 Å². The number of nitrogens with zero attached hydrogens (tertiary/aromatic N) is 1.